The molecule has 0 bridgehead atoms. The molecule has 61 heavy (non-hydrogen) atoms. The molecule has 0 saturated heterocycles. The van der Waals surface area contributed by atoms with Crippen LogP contribution in [0.25, 0.3) is 108 Å². The third kappa shape index (κ3) is 3.32. The minimum Gasteiger partial charge on any atom is -0.307 e. The second-order valence-electron chi connectivity index (χ2n) is 17.6. The molecule has 0 spiro atoms. The molecule has 2 nitrogen and oxygen atoms in total. The molecule has 3 heteroatoms. The molecule has 0 unspecified atom stereocenters. The molecule has 13 aromatic carbocycles. The van der Waals surface area contributed by atoms with Crippen molar-refractivity contribution in [3.05, 3.63) is 176 Å². The van der Waals surface area contributed by atoms with Crippen LogP contribution in [0.5, 0.6) is 0 Å². The SMILES string of the molecule is c1cc2c3c(c1)N1c4c(cc5ccccc5c4-c4ccc5ccc6cccc7cc1c4c5c67)[SH]3c1cc3ccccc3c3c1N2c1cc2cccc4ccc5ccc-3c1c5c42. The van der Waals surface area contributed by atoms with E-state index in [1.807, 2.05) is 0 Å². The van der Waals surface area contributed by atoms with Gasteiger partial charge in [0.1, 0.15) is 0 Å². The molecule has 0 N–H and O–H groups in total. The van der Waals surface area contributed by atoms with Gasteiger partial charge in [-0.25, -0.2) is 0 Å². The maximum absolute atomic E-state index is 2.69. The van der Waals surface area contributed by atoms with Crippen LogP contribution >= 0.6 is 10.9 Å². The van der Waals surface area contributed by atoms with Crippen molar-refractivity contribution in [2.75, 3.05) is 9.80 Å². The summed E-state index contributed by atoms with van der Waals surface area (Å²) in [6.45, 7) is 0. The second kappa shape index (κ2) is 10.0. The Bertz CT molecular complexity index is 3990. The Morgan fingerprint density at radius 1 is 0.295 bits per heavy atom. The van der Waals surface area contributed by atoms with Crippen molar-refractivity contribution in [3.63, 3.8) is 0 Å². The molecule has 4 aliphatic rings. The molecule has 0 aliphatic carbocycles. The zero-order chi connectivity index (χ0) is 39.0. The van der Waals surface area contributed by atoms with Crippen molar-refractivity contribution in [2.45, 2.75) is 14.7 Å². The van der Waals surface area contributed by atoms with E-state index < -0.39 is 10.9 Å². The predicted octanol–water partition coefficient (Wildman–Crippen LogP) is 16.8. The van der Waals surface area contributed by atoms with E-state index in [2.05, 4.69) is 186 Å². The Kier molecular flexibility index (Phi) is 5.02. The summed E-state index contributed by atoms with van der Waals surface area (Å²) in [5.41, 5.74) is 13.3. The molecule has 4 aliphatic heterocycles. The molecule has 0 radical (unpaired) electrons. The summed E-state index contributed by atoms with van der Waals surface area (Å²) in [5.74, 6) is 0. The number of rotatable bonds is 0. The molecule has 278 valence electrons. The molecule has 0 amide bonds. The van der Waals surface area contributed by atoms with Gasteiger partial charge in [0.2, 0.25) is 0 Å². The van der Waals surface area contributed by atoms with Gasteiger partial charge in [-0.2, -0.15) is 10.9 Å². The molecule has 0 fully saturated rings. The lowest BCUT2D eigenvalue weighted by Gasteiger charge is -2.50. The van der Waals surface area contributed by atoms with Crippen LogP contribution in [0.3, 0.4) is 0 Å². The molecular weight excluding hydrogens is 757 g/mol. The molecule has 0 atom stereocenters. The molecule has 0 aromatic heterocycles. The average Bonchev–Trinajstić information content (AvgIpc) is 3.31. The topological polar surface area (TPSA) is 6.48 Å². The maximum atomic E-state index is 2.69. The van der Waals surface area contributed by atoms with Crippen LogP contribution in [0.2, 0.25) is 0 Å². The van der Waals surface area contributed by atoms with Gasteiger partial charge in [0.05, 0.1) is 34.1 Å². The van der Waals surface area contributed by atoms with Crippen molar-refractivity contribution in [1.82, 2.24) is 0 Å². The van der Waals surface area contributed by atoms with Gasteiger partial charge in [0, 0.05) is 47.4 Å². The number of benzene rings is 13. The van der Waals surface area contributed by atoms with E-state index in [1.54, 1.807) is 0 Å². The summed E-state index contributed by atoms with van der Waals surface area (Å²) in [6, 6.07) is 68.2. The van der Waals surface area contributed by atoms with Crippen LogP contribution in [-0.4, -0.2) is 0 Å². The van der Waals surface area contributed by atoms with Crippen molar-refractivity contribution in [3.8, 4) is 22.3 Å². The van der Waals surface area contributed by atoms with E-state index in [1.165, 1.54) is 157 Å². The monoisotopic (exact) mass is 786 g/mol. The first-order valence-electron chi connectivity index (χ1n) is 21.4. The van der Waals surface area contributed by atoms with Gasteiger partial charge in [-0.05, 0) is 112 Å². The minimum atomic E-state index is -0.998. The fourth-order valence-electron chi connectivity index (χ4n) is 12.6. The Balaban J connectivity index is 1.10. The Morgan fingerprint density at radius 3 is 1.21 bits per heavy atom. The number of thiol groups is 1. The van der Waals surface area contributed by atoms with Crippen molar-refractivity contribution in [2.24, 2.45) is 0 Å². The smallest absolute Gasteiger partial charge is 0.0672 e. The Hall–Kier alpha value is -7.59. The third-order valence-corrected chi connectivity index (χ3v) is 17.4. The highest BCUT2D eigenvalue weighted by Gasteiger charge is 2.45. The molecule has 17 rings (SSSR count). The predicted molar refractivity (Wildman–Crippen MR) is 260 cm³/mol. The lowest BCUT2D eigenvalue weighted by atomic mass is 9.83. The average molecular weight is 787 g/mol. The van der Waals surface area contributed by atoms with Gasteiger partial charge in [-0.15, -0.1) is 0 Å². The standard InChI is InChI=1S/C58H30N2S/c1-3-14-38-34(8-1)28-46-56-52(38)40-24-22-32-20-18-30-10-5-12-36-26-44(54(40)50(32)48(30)36)59(56)42-16-7-17-43-58(42)61(46)47-29-35-9-2-4-15-39(35)53-41-25-23-33-21-19-31-11-6-13-37-27-45(60(43)57(47)53)55(41)51(33)49(31)37/h1-29,61H. The van der Waals surface area contributed by atoms with Crippen LogP contribution in [-0.2, 0) is 0 Å². The first kappa shape index (κ1) is 30.5. The van der Waals surface area contributed by atoms with Crippen LogP contribution in [0.1, 0.15) is 0 Å². The largest absolute Gasteiger partial charge is 0.307 e. The number of hydrogen-bond donors (Lipinski definition) is 1. The first-order chi connectivity index (χ1) is 30.3. The lowest BCUT2D eigenvalue weighted by molar-refractivity contribution is 1.10. The number of anilines is 6. The fourth-order valence-corrected chi connectivity index (χ4v) is 15.6. The molecule has 0 saturated carbocycles. The van der Waals surface area contributed by atoms with Gasteiger partial charge in [-0.3, -0.25) is 0 Å². The summed E-state index contributed by atoms with van der Waals surface area (Å²) in [5, 5.41) is 21.2. The number of hydrogen-bond acceptors (Lipinski definition) is 2. The molecule has 13 aromatic rings. The van der Waals surface area contributed by atoms with Crippen molar-refractivity contribution < 1.29 is 0 Å². The normalized spacial score (nSPS) is 14.7. The van der Waals surface area contributed by atoms with Crippen LogP contribution in [0.4, 0.5) is 34.1 Å². The second-order valence-corrected chi connectivity index (χ2v) is 19.7. The van der Waals surface area contributed by atoms with E-state index in [0.29, 0.717) is 0 Å². The van der Waals surface area contributed by atoms with Crippen LogP contribution < -0.4 is 9.80 Å². The van der Waals surface area contributed by atoms with Gasteiger partial charge >= 0.3 is 0 Å². The highest BCUT2D eigenvalue weighted by molar-refractivity contribution is 8.17. The lowest BCUT2D eigenvalue weighted by Crippen LogP contribution is -2.27. The zero-order valence-electron chi connectivity index (χ0n) is 32.6. The Morgan fingerprint density at radius 2 is 0.705 bits per heavy atom. The van der Waals surface area contributed by atoms with Crippen molar-refractivity contribution >= 4 is 131 Å². The fraction of sp³-hybridized carbons (Fsp3) is 0. The van der Waals surface area contributed by atoms with E-state index in [0.717, 1.165) is 0 Å². The van der Waals surface area contributed by atoms with Gasteiger partial charge in [0.25, 0.3) is 0 Å². The summed E-state index contributed by atoms with van der Waals surface area (Å²) >= 11 is 0. The summed E-state index contributed by atoms with van der Waals surface area (Å²) in [4.78, 5) is 9.72. The van der Waals surface area contributed by atoms with E-state index >= 15 is 0 Å². The van der Waals surface area contributed by atoms with Gasteiger partial charge in [0.15, 0.2) is 0 Å². The van der Waals surface area contributed by atoms with Crippen molar-refractivity contribution in [1.29, 1.82) is 0 Å². The molecular formula is C58H30N2S. The van der Waals surface area contributed by atoms with E-state index in [9.17, 15) is 0 Å². The van der Waals surface area contributed by atoms with E-state index in [4.69, 9.17) is 0 Å². The summed E-state index contributed by atoms with van der Waals surface area (Å²) < 4.78 is 0. The third-order valence-electron chi connectivity index (χ3n) is 14.9. The summed E-state index contributed by atoms with van der Waals surface area (Å²) in [7, 11) is -0.998. The van der Waals surface area contributed by atoms with Gasteiger partial charge in [-0.1, -0.05) is 140 Å². The van der Waals surface area contributed by atoms with E-state index in [-0.39, 0.29) is 0 Å². The molecule has 4 heterocycles. The number of fused-ring (bicyclic) bond motifs is 12. The van der Waals surface area contributed by atoms with Crippen LogP contribution in [0.15, 0.2) is 191 Å². The Labute approximate surface area is 352 Å². The van der Waals surface area contributed by atoms with Crippen LogP contribution in [0, 0.1) is 0 Å². The highest BCUT2D eigenvalue weighted by atomic mass is 32.2. The first-order valence-corrected chi connectivity index (χ1v) is 22.7. The maximum Gasteiger partial charge on any atom is 0.0672 e. The highest BCUT2D eigenvalue weighted by Crippen LogP contribution is 2.76. The van der Waals surface area contributed by atoms with Gasteiger partial charge < -0.3 is 9.80 Å². The minimum absolute atomic E-state index is 0.998. The number of nitrogens with zero attached hydrogens (tertiary/aromatic N) is 2. The summed E-state index contributed by atoms with van der Waals surface area (Å²) in [6.07, 6.45) is 0. The quantitative estimate of drug-likeness (QED) is 0.121. The zero-order valence-corrected chi connectivity index (χ0v) is 33.5.